The van der Waals surface area contributed by atoms with E-state index in [4.69, 9.17) is 9.47 Å². The lowest BCUT2D eigenvalue weighted by molar-refractivity contribution is -0.113. The Labute approximate surface area is 197 Å². The minimum absolute atomic E-state index is 0.00700. The van der Waals surface area contributed by atoms with Crippen molar-refractivity contribution >= 4 is 23.4 Å². The molecule has 0 radical (unpaired) electrons. The van der Waals surface area contributed by atoms with Crippen LogP contribution in [0.3, 0.4) is 0 Å². The van der Waals surface area contributed by atoms with Crippen LogP contribution in [-0.4, -0.2) is 33.2 Å². The van der Waals surface area contributed by atoms with Crippen molar-refractivity contribution in [2.45, 2.75) is 11.7 Å². The number of nitrogens with one attached hydrogen (secondary N) is 1. The molecule has 4 aromatic rings. The summed E-state index contributed by atoms with van der Waals surface area (Å²) in [6.45, 7) is 0.635. The second-order valence-corrected chi connectivity index (χ2v) is 8.35. The van der Waals surface area contributed by atoms with Gasteiger partial charge in [-0.25, -0.2) is 8.78 Å². The molecular formula is C24H18F2N4O3S. The molecule has 0 saturated carbocycles. The van der Waals surface area contributed by atoms with Gasteiger partial charge < -0.3 is 14.8 Å². The average molecular weight is 480 g/mol. The quantitative estimate of drug-likeness (QED) is 0.386. The predicted molar refractivity (Wildman–Crippen MR) is 123 cm³/mol. The predicted octanol–water partition coefficient (Wildman–Crippen LogP) is 4.73. The summed E-state index contributed by atoms with van der Waals surface area (Å²) in [5, 5.41) is 11.7. The minimum atomic E-state index is -1.03. The monoisotopic (exact) mass is 480 g/mol. The van der Waals surface area contributed by atoms with Gasteiger partial charge in [0.1, 0.15) is 0 Å². The summed E-state index contributed by atoms with van der Waals surface area (Å²) >= 11 is 1.20. The van der Waals surface area contributed by atoms with Gasteiger partial charge in [-0.1, -0.05) is 48.2 Å². The Hall–Kier alpha value is -3.92. The summed E-state index contributed by atoms with van der Waals surface area (Å²) in [6.07, 6.45) is 0. The maximum Gasteiger partial charge on any atom is 0.234 e. The SMILES string of the molecule is O=C(CSc1nnc(-c2ccccc2)n1Cc1ccc2c(c1)OCO2)Nc1ccc(F)c(F)c1. The smallest absolute Gasteiger partial charge is 0.234 e. The van der Waals surface area contributed by atoms with Crippen molar-refractivity contribution in [3.63, 3.8) is 0 Å². The van der Waals surface area contributed by atoms with E-state index in [1.807, 2.05) is 53.1 Å². The standard InChI is InChI=1S/C24H18F2N4O3S/c25-18-8-7-17(11-19(18)26)27-22(31)13-34-24-29-28-23(16-4-2-1-3-5-16)30(24)12-15-6-9-20-21(10-15)33-14-32-20/h1-11H,12-14H2,(H,27,31). The number of carbonyl (C=O) groups is 1. The number of hydrogen-bond acceptors (Lipinski definition) is 6. The third kappa shape index (κ3) is 4.72. The van der Waals surface area contributed by atoms with Gasteiger partial charge in [0.25, 0.3) is 0 Å². The molecule has 2 heterocycles. The number of aromatic nitrogens is 3. The van der Waals surface area contributed by atoms with E-state index in [9.17, 15) is 13.6 Å². The molecule has 0 aliphatic carbocycles. The minimum Gasteiger partial charge on any atom is -0.454 e. The fourth-order valence-electron chi connectivity index (χ4n) is 3.46. The average Bonchev–Trinajstić information content (AvgIpc) is 3.47. The molecule has 0 fully saturated rings. The van der Waals surface area contributed by atoms with E-state index < -0.39 is 11.6 Å². The summed E-state index contributed by atoms with van der Waals surface area (Å²) in [5.41, 5.74) is 2.01. The Morgan fingerprint density at radius 3 is 2.62 bits per heavy atom. The van der Waals surface area contributed by atoms with Crippen LogP contribution in [0.1, 0.15) is 5.56 Å². The number of fused-ring (bicyclic) bond motifs is 1. The second kappa shape index (κ2) is 9.52. The molecule has 0 spiro atoms. The van der Waals surface area contributed by atoms with Gasteiger partial charge in [-0.05, 0) is 29.8 Å². The van der Waals surface area contributed by atoms with Crippen LogP contribution in [0, 0.1) is 11.6 Å². The van der Waals surface area contributed by atoms with Crippen LogP contribution < -0.4 is 14.8 Å². The fraction of sp³-hybridized carbons (Fsp3) is 0.125. The van der Waals surface area contributed by atoms with E-state index in [1.165, 1.54) is 17.8 Å². The Balaban J connectivity index is 1.36. The number of nitrogens with zero attached hydrogens (tertiary/aromatic N) is 3. The van der Waals surface area contributed by atoms with Crippen molar-refractivity contribution in [3.8, 4) is 22.9 Å². The Morgan fingerprint density at radius 1 is 0.971 bits per heavy atom. The van der Waals surface area contributed by atoms with Crippen LogP contribution >= 0.6 is 11.8 Å². The van der Waals surface area contributed by atoms with E-state index in [2.05, 4.69) is 15.5 Å². The van der Waals surface area contributed by atoms with E-state index in [0.717, 1.165) is 23.3 Å². The molecule has 1 amide bonds. The number of hydrogen-bond donors (Lipinski definition) is 1. The van der Waals surface area contributed by atoms with Crippen molar-refractivity contribution in [1.29, 1.82) is 0 Å². The molecule has 1 N–H and O–H groups in total. The first-order chi connectivity index (χ1) is 16.6. The third-order valence-corrected chi connectivity index (χ3v) is 6.03. The molecule has 1 aliphatic heterocycles. The van der Waals surface area contributed by atoms with E-state index in [-0.39, 0.29) is 24.1 Å². The lowest BCUT2D eigenvalue weighted by atomic mass is 10.2. The number of carbonyl (C=O) groups excluding carboxylic acids is 1. The first-order valence-electron chi connectivity index (χ1n) is 10.3. The highest BCUT2D eigenvalue weighted by atomic mass is 32.2. The van der Waals surface area contributed by atoms with Gasteiger partial charge in [-0.2, -0.15) is 0 Å². The van der Waals surface area contributed by atoms with Crippen LogP contribution in [0.5, 0.6) is 11.5 Å². The normalized spacial score (nSPS) is 12.1. The molecule has 0 atom stereocenters. The van der Waals surface area contributed by atoms with Crippen LogP contribution in [-0.2, 0) is 11.3 Å². The number of rotatable bonds is 7. The highest BCUT2D eigenvalue weighted by molar-refractivity contribution is 7.99. The maximum absolute atomic E-state index is 13.4. The highest BCUT2D eigenvalue weighted by Gasteiger charge is 2.19. The summed E-state index contributed by atoms with van der Waals surface area (Å²) in [4.78, 5) is 12.4. The van der Waals surface area contributed by atoms with Crippen molar-refractivity contribution in [1.82, 2.24) is 14.8 Å². The molecule has 34 heavy (non-hydrogen) atoms. The van der Waals surface area contributed by atoms with Gasteiger partial charge in [-0.15, -0.1) is 10.2 Å². The third-order valence-electron chi connectivity index (χ3n) is 5.06. The van der Waals surface area contributed by atoms with Crippen molar-refractivity contribution in [2.24, 2.45) is 0 Å². The van der Waals surface area contributed by atoms with Crippen molar-refractivity contribution in [2.75, 3.05) is 17.9 Å². The summed E-state index contributed by atoms with van der Waals surface area (Å²) in [6, 6.07) is 18.5. The van der Waals surface area contributed by atoms with E-state index in [0.29, 0.717) is 29.0 Å². The zero-order valence-corrected chi connectivity index (χ0v) is 18.5. The van der Waals surface area contributed by atoms with Crippen LogP contribution in [0.4, 0.5) is 14.5 Å². The zero-order valence-electron chi connectivity index (χ0n) is 17.7. The molecule has 172 valence electrons. The molecule has 10 heteroatoms. The van der Waals surface area contributed by atoms with Gasteiger partial charge in [0.2, 0.25) is 12.7 Å². The van der Waals surface area contributed by atoms with Crippen LogP contribution in [0.15, 0.2) is 71.9 Å². The molecule has 7 nitrogen and oxygen atoms in total. The van der Waals surface area contributed by atoms with Crippen LogP contribution in [0.25, 0.3) is 11.4 Å². The maximum atomic E-state index is 13.4. The first-order valence-corrected chi connectivity index (χ1v) is 11.3. The Morgan fingerprint density at radius 2 is 1.79 bits per heavy atom. The lowest BCUT2D eigenvalue weighted by Gasteiger charge is -2.11. The van der Waals surface area contributed by atoms with Gasteiger partial charge in [0.15, 0.2) is 34.1 Å². The van der Waals surface area contributed by atoms with Crippen LogP contribution in [0.2, 0.25) is 0 Å². The summed E-state index contributed by atoms with van der Waals surface area (Å²) in [5.74, 6) is -0.352. The molecule has 5 rings (SSSR count). The molecule has 1 aromatic heterocycles. The Bertz CT molecular complexity index is 1350. The van der Waals surface area contributed by atoms with Gasteiger partial charge >= 0.3 is 0 Å². The number of thioether (sulfide) groups is 1. The lowest BCUT2D eigenvalue weighted by Crippen LogP contribution is -2.15. The number of anilines is 1. The van der Waals surface area contributed by atoms with Crippen molar-refractivity contribution < 1.29 is 23.0 Å². The van der Waals surface area contributed by atoms with Gasteiger partial charge in [0.05, 0.1) is 12.3 Å². The number of amides is 1. The zero-order chi connectivity index (χ0) is 23.5. The molecule has 0 bridgehead atoms. The molecule has 1 aliphatic rings. The Kier molecular flexibility index (Phi) is 6.13. The van der Waals surface area contributed by atoms with E-state index >= 15 is 0 Å². The van der Waals surface area contributed by atoms with Crippen molar-refractivity contribution in [3.05, 3.63) is 83.9 Å². The topological polar surface area (TPSA) is 78.3 Å². The number of ether oxygens (including phenoxy) is 2. The molecule has 0 unspecified atom stereocenters. The van der Waals surface area contributed by atoms with Gasteiger partial charge in [-0.3, -0.25) is 9.36 Å². The summed E-state index contributed by atoms with van der Waals surface area (Å²) < 4.78 is 39.3. The molecule has 0 saturated heterocycles. The second-order valence-electron chi connectivity index (χ2n) is 7.41. The molecule has 3 aromatic carbocycles. The van der Waals surface area contributed by atoms with E-state index in [1.54, 1.807) is 0 Å². The largest absolute Gasteiger partial charge is 0.454 e. The molecular weight excluding hydrogens is 462 g/mol. The highest BCUT2D eigenvalue weighted by Crippen LogP contribution is 2.33. The number of benzene rings is 3. The number of halogens is 2. The summed E-state index contributed by atoms with van der Waals surface area (Å²) in [7, 11) is 0. The fourth-order valence-corrected chi connectivity index (χ4v) is 4.20. The first kappa shape index (κ1) is 21.9. The van der Waals surface area contributed by atoms with Gasteiger partial charge in [0, 0.05) is 17.3 Å².